The minimum atomic E-state index is -0.448. The molecule has 0 heterocycles. The summed E-state index contributed by atoms with van der Waals surface area (Å²) < 4.78 is 5.37. The Morgan fingerprint density at radius 3 is 2.50 bits per heavy atom. The summed E-state index contributed by atoms with van der Waals surface area (Å²) in [6.45, 7) is 13.1. The maximum absolute atomic E-state index is 12.0. The number of rotatable bonds is 6. The van der Waals surface area contributed by atoms with Crippen molar-refractivity contribution in [3.05, 3.63) is 0 Å². The number of ether oxygens (including phenoxy) is 1. The largest absolute Gasteiger partial charge is 0.444 e. The smallest absolute Gasteiger partial charge is 0.407 e. The molecule has 1 aliphatic rings. The average Bonchev–Trinajstić information content (AvgIpc) is 2.41. The van der Waals surface area contributed by atoms with E-state index in [-0.39, 0.29) is 12.1 Å². The van der Waals surface area contributed by atoms with Gasteiger partial charge in [0.25, 0.3) is 0 Å². The molecule has 0 aromatic carbocycles. The zero-order valence-corrected chi connectivity index (χ0v) is 15.4. The van der Waals surface area contributed by atoms with E-state index in [0.717, 1.165) is 12.5 Å². The highest BCUT2D eigenvalue weighted by atomic mass is 16.6. The van der Waals surface area contributed by atoms with Crippen LogP contribution in [0.2, 0.25) is 0 Å². The molecule has 0 aliphatic heterocycles. The molecule has 0 aromatic rings. The third-order valence-electron chi connectivity index (χ3n) is 4.49. The fraction of sp³-hybridized carbons (Fsp3) is 0.944. The van der Waals surface area contributed by atoms with Gasteiger partial charge in [0.05, 0.1) is 0 Å². The van der Waals surface area contributed by atoms with Crippen molar-refractivity contribution in [2.75, 3.05) is 6.54 Å². The highest BCUT2D eigenvalue weighted by Crippen LogP contribution is 2.26. The van der Waals surface area contributed by atoms with Gasteiger partial charge in [-0.15, -0.1) is 0 Å². The van der Waals surface area contributed by atoms with Crippen molar-refractivity contribution >= 4 is 6.09 Å². The maximum atomic E-state index is 12.0. The summed E-state index contributed by atoms with van der Waals surface area (Å²) in [5.74, 6) is 1.24. The Labute approximate surface area is 136 Å². The molecular weight excluding hydrogens is 276 g/mol. The van der Waals surface area contributed by atoms with Gasteiger partial charge in [0.2, 0.25) is 0 Å². The van der Waals surface area contributed by atoms with Crippen molar-refractivity contribution in [1.29, 1.82) is 0 Å². The van der Waals surface area contributed by atoms with E-state index < -0.39 is 5.60 Å². The molecule has 0 bridgehead atoms. The first-order chi connectivity index (χ1) is 10.2. The van der Waals surface area contributed by atoms with Crippen LogP contribution in [0.25, 0.3) is 0 Å². The standard InChI is InChI=1S/C18H36N2O2/c1-7-14-9-8-10-15(11-14)19-12-16(13(2)3)20-17(21)22-18(4,5)6/h13-16,19H,7-12H2,1-6H3,(H,20,21). The van der Waals surface area contributed by atoms with Crippen LogP contribution >= 0.6 is 0 Å². The van der Waals surface area contributed by atoms with E-state index in [9.17, 15) is 4.79 Å². The van der Waals surface area contributed by atoms with Crippen LogP contribution in [-0.4, -0.2) is 30.3 Å². The van der Waals surface area contributed by atoms with Gasteiger partial charge in [0.1, 0.15) is 5.60 Å². The van der Waals surface area contributed by atoms with E-state index in [0.29, 0.717) is 12.0 Å². The van der Waals surface area contributed by atoms with E-state index in [2.05, 4.69) is 31.4 Å². The summed E-state index contributed by atoms with van der Waals surface area (Å²) in [4.78, 5) is 12.0. The SMILES string of the molecule is CCC1CCCC(NCC(NC(=O)OC(C)(C)C)C(C)C)C1. The van der Waals surface area contributed by atoms with Crippen molar-refractivity contribution in [3.63, 3.8) is 0 Å². The lowest BCUT2D eigenvalue weighted by Crippen LogP contribution is -2.49. The van der Waals surface area contributed by atoms with Crippen molar-refractivity contribution in [2.45, 2.75) is 91.3 Å². The average molecular weight is 312 g/mol. The second-order valence-electron chi connectivity index (χ2n) is 8.04. The van der Waals surface area contributed by atoms with Gasteiger partial charge in [-0.2, -0.15) is 0 Å². The van der Waals surface area contributed by atoms with Crippen LogP contribution in [0, 0.1) is 11.8 Å². The number of carbonyl (C=O) groups excluding carboxylic acids is 1. The molecular formula is C18H36N2O2. The van der Waals surface area contributed by atoms with Crippen molar-refractivity contribution in [3.8, 4) is 0 Å². The van der Waals surface area contributed by atoms with Crippen LogP contribution in [-0.2, 0) is 4.74 Å². The quantitative estimate of drug-likeness (QED) is 0.776. The Morgan fingerprint density at radius 1 is 1.27 bits per heavy atom. The lowest BCUT2D eigenvalue weighted by Gasteiger charge is -2.32. The van der Waals surface area contributed by atoms with Crippen molar-refractivity contribution < 1.29 is 9.53 Å². The molecule has 0 spiro atoms. The topological polar surface area (TPSA) is 50.4 Å². The van der Waals surface area contributed by atoms with E-state index in [1.807, 2.05) is 20.8 Å². The molecule has 3 atom stereocenters. The summed E-state index contributed by atoms with van der Waals surface area (Å²) in [5.41, 5.74) is -0.448. The molecule has 0 aromatic heterocycles. The Balaban J connectivity index is 2.42. The van der Waals surface area contributed by atoms with E-state index in [4.69, 9.17) is 4.74 Å². The first-order valence-corrected chi connectivity index (χ1v) is 8.94. The van der Waals surface area contributed by atoms with Crippen LogP contribution in [0.1, 0.15) is 73.6 Å². The zero-order chi connectivity index (χ0) is 16.8. The molecule has 130 valence electrons. The van der Waals surface area contributed by atoms with Gasteiger partial charge in [-0.1, -0.05) is 40.0 Å². The minimum absolute atomic E-state index is 0.108. The van der Waals surface area contributed by atoms with Crippen molar-refractivity contribution in [1.82, 2.24) is 10.6 Å². The van der Waals surface area contributed by atoms with Crippen LogP contribution in [0.4, 0.5) is 4.79 Å². The van der Waals surface area contributed by atoms with Gasteiger partial charge in [-0.3, -0.25) is 0 Å². The molecule has 4 nitrogen and oxygen atoms in total. The van der Waals surface area contributed by atoms with Gasteiger partial charge >= 0.3 is 6.09 Å². The number of hydrogen-bond acceptors (Lipinski definition) is 3. The molecule has 1 saturated carbocycles. The number of carbonyl (C=O) groups is 1. The Morgan fingerprint density at radius 2 is 1.95 bits per heavy atom. The highest BCUT2D eigenvalue weighted by Gasteiger charge is 2.24. The van der Waals surface area contributed by atoms with Gasteiger partial charge in [0, 0.05) is 18.6 Å². The molecule has 3 unspecified atom stereocenters. The number of hydrogen-bond donors (Lipinski definition) is 2. The maximum Gasteiger partial charge on any atom is 0.407 e. The third kappa shape index (κ3) is 7.48. The van der Waals surface area contributed by atoms with Crippen molar-refractivity contribution in [2.24, 2.45) is 11.8 Å². The third-order valence-corrected chi connectivity index (χ3v) is 4.49. The molecule has 2 N–H and O–H groups in total. The lowest BCUT2D eigenvalue weighted by molar-refractivity contribution is 0.0488. The second kappa shape index (κ2) is 8.76. The molecule has 1 rings (SSSR count). The first kappa shape index (κ1) is 19.3. The highest BCUT2D eigenvalue weighted by molar-refractivity contribution is 5.68. The van der Waals surface area contributed by atoms with E-state index >= 15 is 0 Å². The Kier molecular flexibility index (Phi) is 7.67. The molecule has 1 fully saturated rings. The predicted molar refractivity (Wildman–Crippen MR) is 92.0 cm³/mol. The Hall–Kier alpha value is -0.770. The van der Waals surface area contributed by atoms with Gasteiger partial charge in [-0.25, -0.2) is 4.79 Å². The number of alkyl carbamates (subject to hydrolysis) is 1. The van der Waals surface area contributed by atoms with Gasteiger partial charge in [0.15, 0.2) is 0 Å². The van der Waals surface area contributed by atoms with Crippen LogP contribution in [0.15, 0.2) is 0 Å². The fourth-order valence-electron chi connectivity index (χ4n) is 3.05. The summed E-state index contributed by atoms with van der Waals surface area (Å²) in [6.07, 6.45) is 6.19. The van der Waals surface area contributed by atoms with Crippen LogP contribution < -0.4 is 10.6 Å². The monoisotopic (exact) mass is 312 g/mol. The second-order valence-corrected chi connectivity index (χ2v) is 8.04. The first-order valence-electron chi connectivity index (χ1n) is 8.94. The summed E-state index contributed by atoms with van der Waals surface area (Å²) in [7, 11) is 0. The molecule has 1 aliphatic carbocycles. The fourth-order valence-corrected chi connectivity index (χ4v) is 3.05. The Bertz CT molecular complexity index is 336. The molecule has 4 heteroatoms. The minimum Gasteiger partial charge on any atom is -0.444 e. The number of nitrogens with one attached hydrogen (secondary N) is 2. The van der Waals surface area contributed by atoms with Crippen LogP contribution in [0.3, 0.4) is 0 Å². The molecule has 1 amide bonds. The summed E-state index contributed by atoms with van der Waals surface area (Å²) in [6, 6.07) is 0.706. The van der Waals surface area contributed by atoms with Gasteiger partial charge < -0.3 is 15.4 Å². The summed E-state index contributed by atoms with van der Waals surface area (Å²) in [5, 5.41) is 6.68. The van der Waals surface area contributed by atoms with E-state index in [1.54, 1.807) is 0 Å². The molecule has 22 heavy (non-hydrogen) atoms. The predicted octanol–water partition coefficient (Wildman–Crippen LogP) is 4.09. The zero-order valence-electron chi connectivity index (χ0n) is 15.4. The molecule has 0 saturated heterocycles. The summed E-state index contributed by atoms with van der Waals surface area (Å²) >= 11 is 0. The normalized spacial score (nSPS) is 24.1. The van der Waals surface area contributed by atoms with Gasteiger partial charge in [-0.05, 0) is 45.4 Å². The number of amides is 1. The molecule has 0 radical (unpaired) electrons. The van der Waals surface area contributed by atoms with Crippen LogP contribution in [0.5, 0.6) is 0 Å². The lowest BCUT2D eigenvalue weighted by atomic mass is 9.84. The van der Waals surface area contributed by atoms with E-state index in [1.165, 1.54) is 32.1 Å².